The molecule has 0 unspecified atom stereocenters. The Hall–Kier alpha value is -1.69. The predicted octanol–water partition coefficient (Wildman–Crippen LogP) is 0.508. The van der Waals surface area contributed by atoms with E-state index in [0.717, 1.165) is 0 Å². The predicted molar refractivity (Wildman–Crippen MR) is 51.5 cm³/mol. The fourth-order valence-corrected chi connectivity index (χ4v) is 1.21. The van der Waals surface area contributed by atoms with Crippen LogP contribution >= 0.6 is 11.6 Å². The lowest BCUT2D eigenvalue weighted by molar-refractivity contribution is 0.912. The quantitative estimate of drug-likeness (QED) is 0.742. The fraction of sp³-hybridized carbons (Fsp3) is 0.143. The van der Waals surface area contributed by atoms with Gasteiger partial charge in [-0.05, 0) is 0 Å². The molecule has 2 aromatic heterocycles. The largest absolute Gasteiger partial charge is 0.368 e. The number of hydrogen-bond donors (Lipinski definition) is 1. The number of aromatic nitrogens is 5. The maximum atomic E-state index is 5.90. The second kappa shape index (κ2) is 3.22. The number of nitrogens with two attached hydrogens (primary N) is 1. The van der Waals surface area contributed by atoms with E-state index in [4.69, 9.17) is 17.3 Å². The third-order valence-electron chi connectivity index (χ3n) is 1.69. The molecule has 0 aliphatic rings. The van der Waals surface area contributed by atoms with Crippen LogP contribution in [0.2, 0.25) is 5.02 Å². The van der Waals surface area contributed by atoms with Crippen molar-refractivity contribution in [2.75, 3.05) is 5.73 Å². The third-order valence-corrected chi connectivity index (χ3v) is 1.96. The van der Waals surface area contributed by atoms with Crippen molar-refractivity contribution in [3.8, 4) is 11.5 Å². The highest BCUT2D eigenvalue weighted by atomic mass is 35.5. The van der Waals surface area contributed by atoms with E-state index in [-0.39, 0.29) is 5.95 Å². The number of hydrogen-bond acceptors (Lipinski definition) is 5. The summed E-state index contributed by atoms with van der Waals surface area (Å²) in [4.78, 5) is 7.74. The van der Waals surface area contributed by atoms with Crippen molar-refractivity contribution in [2.45, 2.75) is 0 Å². The Balaban J connectivity index is 2.62. The second-order valence-corrected chi connectivity index (χ2v) is 3.10. The lowest BCUT2D eigenvalue weighted by Gasteiger charge is -2.01. The Labute approximate surface area is 84.8 Å². The van der Waals surface area contributed by atoms with Gasteiger partial charge in [0.05, 0.1) is 11.2 Å². The molecule has 0 bridgehead atoms. The Morgan fingerprint density at radius 2 is 2.29 bits per heavy atom. The lowest BCUT2D eigenvalue weighted by atomic mass is 10.4. The second-order valence-electron chi connectivity index (χ2n) is 2.69. The van der Waals surface area contributed by atoms with E-state index in [1.165, 1.54) is 6.20 Å². The summed E-state index contributed by atoms with van der Waals surface area (Å²) in [6, 6.07) is 0. The summed E-state index contributed by atoms with van der Waals surface area (Å²) < 4.78 is 1.70. The first-order valence-corrected chi connectivity index (χ1v) is 4.18. The number of nitrogens with zero attached hydrogens (tertiary/aromatic N) is 5. The van der Waals surface area contributed by atoms with Gasteiger partial charge in [0.2, 0.25) is 5.95 Å². The van der Waals surface area contributed by atoms with E-state index in [9.17, 15) is 0 Å². The molecule has 0 aliphatic carbocycles. The highest BCUT2D eigenvalue weighted by Gasteiger charge is 2.11. The Morgan fingerprint density at radius 3 is 2.93 bits per heavy atom. The first kappa shape index (κ1) is 8.89. The minimum atomic E-state index is 0.160. The molecular weight excluding hydrogens is 204 g/mol. The first-order valence-electron chi connectivity index (χ1n) is 3.81. The molecule has 14 heavy (non-hydrogen) atoms. The minimum Gasteiger partial charge on any atom is -0.368 e. The average Bonchev–Trinajstić information content (AvgIpc) is 2.56. The minimum absolute atomic E-state index is 0.160. The number of halogens is 1. The molecule has 0 atom stereocenters. The number of nitrogen functional groups attached to an aromatic ring is 1. The van der Waals surface area contributed by atoms with Gasteiger partial charge in [0.15, 0.2) is 5.82 Å². The molecule has 2 N–H and O–H groups in total. The van der Waals surface area contributed by atoms with Gasteiger partial charge in [0, 0.05) is 7.05 Å². The van der Waals surface area contributed by atoms with Crippen molar-refractivity contribution in [3.63, 3.8) is 0 Å². The maximum Gasteiger partial charge on any atom is 0.220 e. The number of aryl methyl sites for hydroxylation is 1. The average molecular weight is 211 g/mol. The SMILES string of the molecule is Cn1cnnc1-c1nc(N)ncc1Cl. The lowest BCUT2D eigenvalue weighted by Crippen LogP contribution is -2.00. The van der Waals surface area contributed by atoms with Crippen LogP contribution in [0.1, 0.15) is 0 Å². The van der Waals surface area contributed by atoms with Crippen molar-refractivity contribution in [3.05, 3.63) is 17.5 Å². The van der Waals surface area contributed by atoms with Gasteiger partial charge in [-0.15, -0.1) is 10.2 Å². The molecule has 2 heterocycles. The van der Waals surface area contributed by atoms with E-state index in [0.29, 0.717) is 16.5 Å². The first-order chi connectivity index (χ1) is 6.68. The summed E-state index contributed by atoms with van der Waals surface area (Å²) in [6.07, 6.45) is 3.00. The summed E-state index contributed by atoms with van der Waals surface area (Å²) in [5.41, 5.74) is 5.93. The third kappa shape index (κ3) is 1.39. The molecule has 0 spiro atoms. The molecule has 0 saturated carbocycles. The van der Waals surface area contributed by atoms with Gasteiger partial charge in [0.25, 0.3) is 0 Å². The molecule has 0 aliphatic heterocycles. The van der Waals surface area contributed by atoms with Crippen molar-refractivity contribution < 1.29 is 0 Å². The molecule has 0 saturated heterocycles. The van der Waals surface area contributed by atoms with Crippen LogP contribution < -0.4 is 5.73 Å². The molecule has 0 aromatic carbocycles. The maximum absolute atomic E-state index is 5.90. The van der Waals surface area contributed by atoms with Crippen molar-refractivity contribution in [1.82, 2.24) is 24.7 Å². The van der Waals surface area contributed by atoms with E-state index in [1.807, 2.05) is 0 Å². The Morgan fingerprint density at radius 1 is 1.50 bits per heavy atom. The number of rotatable bonds is 1. The molecule has 0 radical (unpaired) electrons. The fourth-order valence-electron chi connectivity index (χ4n) is 1.04. The van der Waals surface area contributed by atoms with Crippen LogP contribution in [0, 0.1) is 0 Å². The molecule has 2 rings (SSSR count). The van der Waals surface area contributed by atoms with Gasteiger partial charge in [-0.1, -0.05) is 11.6 Å². The van der Waals surface area contributed by atoms with Crippen LogP contribution in [0.5, 0.6) is 0 Å². The zero-order valence-electron chi connectivity index (χ0n) is 7.35. The van der Waals surface area contributed by atoms with Gasteiger partial charge >= 0.3 is 0 Å². The summed E-state index contributed by atoms with van der Waals surface area (Å²) in [6.45, 7) is 0. The summed E-state index contributed by atoms with van der Waals surface area (Å²) in [7, 11) is 1.80. The van der Waals surface area contributed by atoms with Crippen molar-refractivity contribution in [1.29, 1.82) is 0 Å². The topological polar surface area (TPSA) is 82.5 Å². The Kier molecular flexibility index (Phi) is 2.05. The molecule has 0 fully saturated rings. The molecule has 0 amide bonds. The Bertz CT molecular complexity index is 465. The van der Waals surface area contributed by atoms with Gasteiger partial charge in [0.1, 0.15) is 12.0 Å². The van der Waals surface area contributed by atoms with E-state index in [2.05, 4.69) is 20.2 Å². The van der Waals surface area contributed by atoms with Gasteiger partial charge in [-0.25, -0.2) is 9.97 Å². The highest BCUT2D eigenvalue weighted by molar-refractivity contribution is 6.32. The van der Waals surface area contributed by atoms with Crippen LogP contribution in [0.15, 0.2) is 12.5 Å². The zero-order valence-corrected chi connectivity index (χ0v) is 8.10. The zero-order chi connectivity index (χ0) is 10.1. The number of anilines is 1. The van der Waals surface area contributed by atoms with E-state index < -0.39 is 0 Å². The summed E-state index contributed by atoms with van der Waals surface area (Å²) in [5.74, 6) is 0.719. The van der Waals surface area contributed by atoms with Gasteiger partial charge in [-0.2, -0.15) is 0 Å². The van der Waals surface area contributed by atoms with Crippen LogP contribution in [0.4, 0.5) is 5.95 Å². The van der Waals surface area contributed by atoms with Crippen LogP contribution in [0.25, 0.3) is 11.5 Å². The highest BCUT2D eigenvalue weighted by Crippen LogP contribution is 2.22. The normalized spacial score (nSPS) is 10.4. The van der Waals surface area contributed by atoms with E-state index in [1.54, 1.807) is 17.9 Å². The van der Waals surface area contributed by atoms with Crippen LogP contribution in [-0.4, -0.2) is 24.7 Å². The molecule has 72 valence electrons. The van der Waals surface area contributed by atoms with Crippen molar-refractivity contribution >= 4 is 17.5 Å². The summed E-state index contributed by atoms with van der Waals surface area (Å²) >= 11 is 5.90. The van der Waals surface area contributed by atoms with Crippen LogP contribution in [-0.2, 0) is 7.05 Å². The molecule has 7 heteroatoms. The smallest absolute Gasteiger partial charge is 0.220 e. The molecular formula is C7H7ClN6. The van der Waals surface area contributed by atoms with E-state index >= 15 is 0 Å². The van der Waals surface area contributed by atoms with Crippen molar-refractivity contribution in [2.24, 2.45) is 7.05 Å². The molecule has 6 nitrogen and oxygen atoms in total. The standard InChI is InChI=1S/C7H7ClN6/c1-14-3-11-13-6(14)5-4(8)2-10-7(9)12-5/h2-3H,1H3,(H2,9,10,12). The summed E-state index contributed by atoms with van der Waals surface area (Å²) in [5, 5.41) is 7.99. The van der Waals surface area contributed by atoms with Gasteiger partial charge in [-0.3, -0.25) is 0 Å². The monoisotopic (exact) mass is 210 g/mol. The molecule has 2 aromatic rings. The van der Waals surface area contributed by atoms with Crippen LogP contribution in [0.3, 0.4) is 0 Å². The van der Waals surface area contributed by atoms with Gasteiger partial charge < -0.3 is 10.3 Å².